The number of nitrogens with zero attached hydrogens (tertiary/aromatic N) is 1. The Bertz CT molecular complexity index is 580. The standard InChI is InChI=1S/C13H12FNO2S/c1-8-11(7-13(16)17)18-12(15-8)6-9-3-2-4-10(14)5-9/h2-5H,6-7H2,1H3,(H,16,17). The third-order valence-corrected chi connectivity index (χ3v) is 3.65. The van der Waals surface area contributed by atoms with Crippen molar-refractivity contribution in [1.82, 2.24) is 4.98 Å². The maximum absolute atomic E-state index is 13.0. The lowest BCUT2D eigenvalue weighted by Gasteiger charge is -1.97. The molecule has 2 rings (SSSR count). The Balaban J connectivity index is 2.17. The molecule has 0 spiro atoms. The van der Waals surface area contributed by atoms with Crippen LogP contribution < -0.4 is 0 Å². The molecule has 1 N–H and O–H groups in total. The average molecular weight is 265 g/mol. The summed E-state index contributed by atoms with van der Waals surface area (Å²) in [5.74, 6) is -1.13. The number of carbonyl (C=O) groups is 1. The maximum atomic E-state index is 13.0. The highest BCUT2D eigenvalue weighted by Crippen LogP contribution is 2.21. The van der Waals surface area contributed by atoms with Crippen molar-refractivity contribution in [2.75, 3.05) is 0 Å². The summed E-state index contributed by atoms with van der Waals surface area (Å²) < 4.78 is 13.0. The lowest BCUT2D eigenvalue weighted by molar-refractivity contribution is -0.136. The van der Waals surface area contributed by atoms with Gasteiger partial charge in [0.1, 0.15) is 5.82 Å². The first-order valence-corrected chi connectivity index (χ1v) is 6.27. The molecule has 0 aliphatic rings. The van der Waals surface area contributed by atoms with Gasteiger partial charge in [0.05, 0.1) is 17.1 Å². The number of aromatic nitrogens is 1. The normalized spacial score (nSPS) is 10.6. The van der Waals surface area contributed by atoms with Crippen molar-refractivity contribution in [2.24, 2.45) is 0 Å². The highest BCUT2D eigenvalue weighted by atomic mass is 32.1. The van der Waals surface area contributed by atoms with Gasteiger partial charge in [-0.05, 0) is 24.6 Å². The van der Waals surface area contributed by atoms with Crippen LogP contribution >= 0.6 is 11.3 Å². The number of aryl methyl sites for hydroxylation is 1. The summed E-state index contributed by atoms with van der Waals surface area (Å²) in [6.07, 6.45) is 0.523. The zero-order valence-electron chi connectivity index (χ0n) is 9.81. The summed E-state index contributed by atoms with van der Waals surface area (Å²) in [6, 6.07) is 6.35. The molecule has 0 fully saturated rings. The van der Waals surface area contributed by atoms with Gasteiger partial charge < -0.3 is 5.11 Å². The number of carboxylic acid groups (broad SMARTS) is 1. The van der Waals surface area contributed by atoms with Gasteiger partial charge >= 0.3 is 5.97 Å². The quantitative estimate of drug-likeness (QED) is 0.924. The second-order valence-corrected chi connectivity index (χ2v) is 5.16. The molecule has 0 saturated heterocycles. The average Bonchev–Trinajstić information content (AvgIpc) is 2.58. The number of thiazole rings is 1. The summed E-state index contributed by atoms with van der Waals surface area (Å²) in [7, 11) is 0. The molecule has 0 atom stereocenters. The molecule has 3 nitrogen and oxygen atoms in total. The summed E-state index contributed by atoms with van der Waals surface area (Å²) in [5, 5.41) is 9.57. The zero-order valence-corrected chi connectivity index (χ0v) is 10.6. The fourth-order valence-corrected chi connectivity index (χ4v) is 2.78. The minimum absolute atomic E-state index is 0.00729. The van der Waals surface area contributed by atoms with Crippen LogP contribution in [0, 0.1) is 12.7 Å². The van der Waals surface area contributed by atoms with Crippen LogP contribution in [0.15, 0.2) is 24.3 Å². The number of carboxylic acids is 1. The Morgan fingerprint density at radius 3 is 2.94 bits per heavy atom. The number of aliphatic carboxylic acids is 1. The van der Waals surface area contributed by atoms with Crippen molar-refractivity contribution in [3.8, 4) is 0 Å². The second-order valence-electron chi connectivity index (χ2n) is 3.99. The molecule has 94 valence electrons. The largest absolute Gasteiger partial charge is 0.481 e. The molecule has 0 aliphatic carbocycles. The predicted molar refractivity (Wildman–Crippen MR) is 67.4 cm³/mol. The van der Waals surface area contributed by atoms with Gasteiger partial charge in [-0.1, -0.05) is 12.1 Å². The minimum atomic E-state index is -0.862. The first kappa shape index (κ1) is 12.7. The van der Waals surface area contributed by atoms with E-state index in [1.807, 2.05) is 6.07 Å². The van der Waals surface area contributed by atoms with Crippen molar-refractivity contribution >= 4 is 17.3 Å². The van der Waals surface area contributed by atoms with Gasteiger partial charge in [0.2, 0.25) is 0 Å². The fraction of sp³-hybridized carbons (Fsp3) is 0.231. The van der Waals surface area contributed by atoms with Gasteiger partial charge in [0.15, 0.2) is 0 Å². The van der Waals surface area contributed by atoms with E-state index >= 15 is 0 Å². The van der Waals surface area contributed by atoms with Crippen molar-refractivity contribution in [1.29, 1.82) is 0 Å². The first-order valence-electron chi connectivity index (χ1n) is 5.46. The number of hydrogen-bond acceptors (Lipinski definition) is 3. The Morgan fingerprint density at radius 1 is 1.50 bits per heavy atom. The minimum Gasteiger partial charge on any atom is -0.481 e. The third kappa shape index (κ3) is 3.13. The van der Waals surface area contributed by atoms with Crippen molar-refractivity contribution in [3.63, 3.8) is 0 Å². The molecule has 2 aromatic rings. The smallest absolute Gasteiger partial charge is 0.308 e. The highest BCUT2D eigenvalue weighted by Gasteiger charge is 2.11. The number of benzene rings is 1. The molecular weight excluding hydrogens is 253 g/mol. The van der Waals surface area contributed by atoms with E-state index in [4.69, 9.17) is 5.11 Å². The van der Waals surface area contributed by atoms with Gasteiger partial charge in [-0.25, -0.2) is 9.37 Å². The van der Waals surface area contributed by atoms with Crippen LogP contribution in [0.25, 0.3) is 0 Å². The molecule has 5 heteroatoms. The van der Waals surface area contributed by atoms with Crippen LogP contribution in [-0.2, 0) is 17.6 Å². The second kappa shape index (κ2) is 5.27. The van der Waals surface area contributed by atoms with Gasteiger partial charge in [-0.3, -0.25) is 4.79 Å². The van der Waals surface area contributed by atoms with Gasteiger partial charge in [-0.2, -0.15) is 0 Å². The Morgan fingerprint density at radius 2 is 2.28 bits per heavy atom. The maximum Gasteiger partial charge on any atom is 0.308 e. The molecule has 0 radical (unpaired) electrons. The number of rotatable bonds is 4. The van der Waals surface area contributed by atoms with Crippen LogP contribution in [-0.4, -0.2) is 16.1 Å². The van der Waals surface area contributed by atoms with Gasteiger partial charge in [0, 0.05) is 11.3 Å². The Kier molecular flexibility index (Phi) is 3.72. The van der Waals surface area contributed by atoms with Crippen LogP contribution in [0.5, 0.6) is 0 Å². The van der Waals surface area contributed by atoms with Crippen LogP contribution in [0.2, 0.25) is 0 Å². The van der Waals surface area contributed by atoms with Gasteiger partial charge in [-0.15, -0.1) is 11.3 Å². The molecule has 18 heavy (non-hydrogen) atoms. The van der Waals surface area contributed by atoms with Gasteiger partial charge in [0.25, 0.3) is 0 Å². The molecule has 1 aromatic carbocycles. The summed E-state index contributed by atoms with van der Waals surface area (Å²) in [4.78, 5) is 15.7. The van der Waals surface area contributed by atoms with E-state index in [-0.39, 0.29) is 12.2 Å². The SMILES string of the molecule is Cc1nc(Cc2cccc(F)c2)sc1CC(=O)O. The fourth-order valence-electron chi connectivity index (χ4n) is 1.69. The predicted octanol–water partition coefficient (Wildman–Crippen LogP) is 2.81. The van der Waals surface area contributed by atoms with E-state index in [1.54, 1.807) is 13.0 Å². The molecule has 0 bridgehead atoms. The van der Waals surface area contributed by atoms with Crippen molar-refractivity contribution in [2.45, 2.75) is 19.8 Å². The first-order chi connectivity index (χ1) is 8.54. The zero-order chi connectivity index (χ0) is 13.1. The van der Waals surface area contributed by atoms with E-state index < -0.39 is 5.97 Å². The van der Waals surface area contributed by atoms with Crippen LogP contribution in [0.1, 0.15) is 21.1 Å². The van der Waals surface area contributed by atoms with E-state index in [9.17, 15) is 9.18 Å². The molecule has 1 heterocycles. The van der Waals surface area contributed by atoms with E-state index in [1.165, 1.54) is 23.5 Å². The summed E-state index contributed by atoms with van der Waals surface area (Å²) in [5.41, 5.74) is 1.58. The number of hydrogen-bond donors (Lipinski definition) is 1. The monoisotopic (exact) mass is 265 g/mol. The topological polar surface area (TPSA) is 50.2 Å². The van der Waals surface area contributed by atoms with Crippen molar-refractivity contribution in [3.05, 3.63) is 51.2 Å². The Labute approximate surface area is 108 Å². The Hall–Kier alpha value is -1.75. The highest BCUT2D eigenvalue weighted by molar-refractivity contribution is 7.11. The lowest BCUT2D eigenvalue weighted by atomic mass is 10.1. The molecule has 1 aromatic heterocycles. The summed E-state index contributed by atoms with van der Waals surface area (Å²) >= 11 is 1.37. The number of halogens is 1. The van der Waals surface area contributed by atoms with Crippen LogP contribution in [0.4, 0.5) is 4.39 Å². The lowest BCUT2D eigenvalue weighted by Crippen LogP contribution is -1.99. The third-order valence-electron chi connectivity index (χ3n) is 2.49. The molecule has 0 aliphatic heterocycles. The molecular formula is C13H12FNO2S. The van der Waals surface area contributed by atoms with Crippen molar-refractivity contribution < 1.29 is 14.3 Å². The molecule has 0 amide bonds. The van der Waals surface area contributed by atoms with Crippen LogP contribution in [0.3, 0.4) is 0 Å². The van der Waals surface area contributed by atoms with E-state index in [2.05, 4.69) is 4.98 Å². The summed E-state index contributed by atoms with van der Waals surface area (Å²) in [6.45, 7) is 1.80. The van der Waals surface area contributed by atoms with E-state index in [0.29, 0.717) is 6.42 Å². The molecule has 0 unspecified atom stereocenters. The molecule has 0 saturated carbocycles. The van der Waals surface area contributed by atoms with E-state index in [0.717, 1.165) is 21.1 Å².